The number of hydrogen-bond acceptors (Lipinski definition) is 10. The number of aryl methyl sites for hydroxylation is 1. The van der Waals surface area contributed by atoms with Gasteiger partial charge in [0.1, 0.15) is 22.1 Å². The Kier molecular flexibility index (Phi) is 5.33. The van der Waals surface area contributed by atoms with Crippen molar-refractivity contribution in [3.63, 3.8) is 0 Å². The maximum absolute atomic E-state index is 13.0. The molecule has 1 amide bonds. The van der Waals surface area contributed by atoms with Gasteiger partial charge in [-0.2, -0.15) is 4.98 Å². The smallest absolute Gasteiger partial charge is 0.263 e. The van der Waals surface area contributed by atoms with E-state index in [0.717, 1.165) is 27.3 Å². The van der Waals surface area contributed by atoms with Gasteiger partial charge in [-0.15, -0.1) is 11.3 Å². The van der Waals surface area contributed by atoms with Gasteiger partial charge in [-0.1, -0.05) is 0 Å². The van der Waals surface area contributed by atoms with Crippen LogP contribution in [0, 0.1) is 6.92 Å². The van der Waals surface area contributed by atoms with Gasteiger partial charge in [0.05, 0.1) is 37.0 Å². The van der Waals surface area contributed by atoms with E-state index >= 15 is 0 Å². The average Bonchev–Trinajstić information content (AvgIpc) is 3.48. The number of anilines is 2. The lowest BCUT2D eigenvalue weighted by molar-refractivity contribution is -0.157. The monoisotopic (exact) mass is 496 g/mol. The first-order chi connectivity index (χ1) is 16.8. The van der Waals surface area contributed by atoms with E-state index < -0.39 is 5.79 Å². The van der Waals surface area contributed by atoms with Crippen molar-refractivity contribution in [2.24, 2.45) is 5.73 Å². The zero-order chi connectivity index (χ0) is 24.3. The number of fused-ring (bicyclic) bond motifs is 2. The highest BCUT2D eigenvalue weighted by Crippen LogP contribution is 2.36. The molecule has 4 atom stereocenters. The minimum absolute atomic E-state index is 0.0243. The molecule has 4 unspecified atom stereocenters. The molecule has 11 heteroatoms. The highest BCUT2D eigenvalue weighted by atomic mass is 32.1. The van der Waals surface area contributed by atoms with Crippen LogP contribution in [0.3, 0.4) is 0 Å². The Morgan fingerprint density at radius 1 is 1.26 bits per heavy atom. The molecule has 0 aliphatic carbocycles. The number of hydrogen-bond donors (Lipinski definition) is 3. The topological polar surface area (TPSA) is 138 Å². The number of aromatic nitrogens is 2. The van der Waals surface area contributed by atoms with Crippen LogP contribution < -0.4 is 26.4 Å². The first kappa shape index (κ1) is 22.5. The van der Waals surface area contributed by atoms with Gasteiger partial charge in [0.2, 0.25) is 11.7 Å². The molecular formula is C24H28N6O4S. The molecule has 35 heavy (non-hydrogen) atoms. The second kappa shape index (κ2) is 8.30. The number of ether oxygens (including phenoxy) is 3. The first-order valence-corrected chi connectivity index (χ1v) is 12.5. The molecule has 0 radical (unpaired) electrons. The summed E-state index contributed by atoms with van der Waals surface area (Å²) in [4.78, 5) is 25.5. The average molecular weight is 497 g/mol. The SMILES string of the molecule is Cc1ccc2c(N)c(C(=O)NC3COc4nc(N5CC(N)C6(C5)OCC(C)O6)ccc4C3)sc2n1. The summed E-state index contributed by atoms with van der Waals surface area (Å²) in [5, 5.41) is 3.86. The van der Waals surface area contributed by atoms with Gasteiger partial charge in [-0.05, 0) is 38.1 Å². The minimum atomic E-state index is -0.782. The van der Waals surface area contributed by atoms with Crippen LogP contribution in [0.15, 0.2) is 24.3 Å². The molecule has 0 saturated carbocycles. The van der Waals surface area contributed by atoms with Gasteiger partial charge in [-0.25, -0.2) is 4.98 Å². The first-order valence-electron chi connectivity index (χ1n) is 11.7. The van der Waals surface area contributed by atoms with Crippen molar-refractivity contribution >= 4 is 39.0 Å². The van der Waals surface area contributed by atoms with Crippen molar-refractivity contribution < 1.29 is 19.0 Å². The molecule has 2 saturated heterocycles. The number of nitrogen functional groups attached to an aromatic ring is 1. The molecule has 3 aromatic heterocycles. The number of carbonyl (C=O) groups is 1. The number of nitrogens with one attached hydrogen (secondary N) is 1. The summed E-state index contributed by atoms with van der Waals surface area (Å²) < 4.78 is 17.9. The van der Waals surface area contributed by atoms with E-state index in [1.54, 1.807) is 0 Å². The molecule has 3 aliphatic heterocycles. The molecule has 0 bridgehead atoms. The Labute approximate surface area is 206 Å². The van der Waals surface area contributed by atoms with Crippen molar-refractivity contribution in [1.29, 1.82) is 0 Å². The third-order valence-electron chi connectivity index (χ3n) is 6.77. The van der Waals surface area contributed by atoms with E-state index in [2.05, 4.69) is 15.2 Å². The number of thiophene rings is 1. The van der Waals surface area contributed by atoms with Crippen LogP contribution in [-0.2, 0) is 15.9 Å². The maximum Gasteiger partial charge on any atom is 0.263 e. The summed E-state index contributed by atoms with van der Waals surface area (Å²) in [6.07, 6.45) is 0.639. The fourth-order valence-corrected chi connectivity index (χ4v) is 6.01. The molecule has 6 rings (SSSR count). The van der Waals surface area contributed by atoms with Crippen molar-refractivity contribution in [3.8, 4) is 5.88 Å². The Morgan fingerprint density at radius 3 is 2.91 bits per heavy atom. The minimum Gasteiger partial charge on any atom is -0.475 e. The highest BCUT2D eigenvalue weighted by Gasteiger charge is 2.52. The van der Waals surface area contributed by atoms with E-state index in [9.17, 15) is 4.79 Å². The van der Waals surface area contributed by atoms with Gasteiger partial charge in [0.25, 0.3) is 5.91 Å². The highest BCUT2D eigenvalue weighted by molar-refractivity contribution is 7.21. The largest absolute Gasteiger partial charge is 0.475 e. The molecule has 2 fully saturated rings. The van der Waals surface area contributed by atoms with E-state index in [1.807, 2.05) is 38.1 Å². The summed E-state index contributed by atoms with van der Waals surface area (Å²) in [6, 6.07) is 7.30. The number of rotatable bonds is 3. The summed E-state index contributed by atoms with van der Waals surface area (Å²) in [5.74, 6) is 0.346. The number of carbonyl (C=O) groups excluding carboxylic acids is 1. The Hall–Kier alpha value is -2.99. The van der Waals surface area contributed by atoms with Crippen LogP contribution in [0.4, 0.5) is 11.5 Å². The molecular weight excluding hydrogens is 468 g/mol. The normalized spacial score (nSPS) is 27.9. The lowest BCUT2D eigenvalue weighted by atomic mass is 10.1. The van der Waals surface area contributed by atoms with Crippen LogP contribution in [0.5, 0.6) is 5.88 Å². The van der Waals surface area contributed by atoms with E-state index in [4.69, 9.17) is 30.7 Å². The predicted octanol–water partition coefficient (Wildman–Crippen LogP) is 1.59. The van der Waals surface area contributed by atoms with Crippen molar-refractivity contribution in [1.82, 2.24) is 15.3 Å². The fraction of sp³-hybridized carbons (Fsp3) is 0.458. The molecule has 5 N–H and O–H groups in total. The van der Waals surface area contributed by atoms with Gasteiger partial charge in [0, 0.05) is 29.6 Å². The van der Waals surface area contributed by atoms with Gasteiger partial charge >= 0.3 is 0 Å². The van der Waals surface area contributed by atoms with Gasteiger partial charge < -0.3 is 35.9 Å². The molecule has 0 aromatic carbocycles. The summed E-state index contributed by atoms with van der Waals surface area (Å²) >= 11 is 1.31. The molecule has 10 nitrogen and oxygen atoms in total. The maximum atomic E-state index is 13.0. The lowest BCUT2D eigenvalue weighted by Crippen LogP contribution is -2.48. The summed E-state index contributed by atoms with van der Waals surface area (Å²) in [7, 11) is 0. The van der Waals surface area contributed by atoms with Crippen LogP contribution in [0.25, 0.3) is 10.2 Å². The fourth-order valence-electron chi connectivity index (χ4n) is 4.97. The summed E-state index contributed by atoms with van der Waals surface area (Å²) in [6.45, 7) is 5.87. The Bertz CT molecular complexity index is 1310. The number of nitrogens with two attached hydrogens (primary N) is 2. The summed E-state index contributed by atoms with van der Waals surface area (Å²) in [5.41, 5.74) is 14.9. The van der Waals surface area contributed by atoms with Crippen LogP contribution in [-0.4, -0.2) is 66.2 Å². The van der Waals surface area contributed by atoms with Crippen molar-refractivity contribution in [2.45, 2.75) is 44.2 Å². The van der Waals surface area contributed by atoms with Crippen LogP contribution >= 0.6 is 11.3 Å². The predicted molar refractivity (Wildman–Crippen MR) is 133 cm³/mol. The van der Waals surface area contributed by atoms with Crippen molar-refractivity contribution in [2.75, 3.05) is 36.9 Å². The quantitative estimate of drug-likeness (QED) is 0.493. The number of nitrogens with zero attached hydrogens (tertiary/aromatic N) is 3. The Morgan fingerprint density at radius 2 is 2.11 bits per heavy atom. The van der Waals surface area contributed by atoms with Crippen LogP contribution in [0.2, 0.25) is 0 Å². The molecule has 6 heterocycles. The second-order valence-corrected chi connectivity index (χ2v) is 10.5. The Balaban J connectivity index is 1.14. The van der Waals surface area contributed by atoms with E-state index in [1.165, 1.54) is 11.3 Å². The van der Waals surface area contributed by atoms with E-state index in [-0.39, 0.29) is 24.1 Å². The second-order valence-electron chi connectivity index (χ2n) is 9.51. The number of pyridine rings is 2. The number of amides is 1. The zero-order valence-electron chi connectivity index (χ0n) is 19.6. The third-order valence-corrected chi connectivity index (χ3v) is 7.88. The van der Waals surface area contributed by atoms with Gasteiger partial charge in [-0.3, -0.25) is 4.79 Å². The van der Waals surface area contributed by atoms with Crippen molar-refractivity contribution in [3.05, 3.63) is 40.4 Å². The van der Waals surface area contributed by atoms with Crippen LogP contribution in [0.1, 0.15) is 27.9 Å². The molecule has 1 spiro atoms. The molecule has 3 aliphatic rings. The van der Waals surface area contributed by atoms with Gasteiger partial charge in [0.15, 0.2) is 0 Å². The zero-order valence-corrected chi connectivity index (χ0v) is 20.4. The molecule has 184 valence electrons. The van der Waals surface area contributed by atoms with E-state index in [0.29, 0.717) is 49.2 Å². The lowest BCUT2D eigenvalue weighted by Gasteiger charge is -2.27. The standard InChI is InChI=1S/C24H28N6O4S/c1-12-3-5-16-19(26)20(35-23(16)27-12)21(31)28-15-7-14-4-6-18(29-22(14)32-10-15)30-8-17(25)24(11-30)33-9-13(2)34-24/h3-6,13,15,17H,7-11,25-26H2,1-2H3,(H,28,31). The molecule has 3 aromatic rings. The third kappa shape index (κ3) is 3.88.